The molecule has 0 bridgehead atoms. The van der Waals surface area contributed by atoms with Gasteiger partial charge in [-0.05, 0) is 42.1 Å². The van der Waals surface area contributed by atoms with E-state index >= 15 is 0 Å². The summed E-state index contributed by atoms with van der Waals surface area (Å²) in [6.07, 6.45) is 1.44. The SMILES string of the molecule is NC(=O)COc1ccc(Cl)cc1/C=C1\SC(=O)N(Cc2ccccc2F)C1=O. The fraction of sp³-hybridized carbons (Fsp3) is 0.105. The lowest BCUT2D eigenvalue weighted by Crippen LogP contribution is -2.27. The van der Waals surface area contributed by atoms with E-state index in [1.807, 2.05) is 0 Å². The maximum absolute atomic E-state index is 13.8. The molecule has 2 aromatic carbocycles. The number of carbonyl (C=O) groups excluding carboxylic acids is 3. The van der Waals surface area contributed by atoms with Crippen LogP contribution in [0.5, 0.6) is 5.75 Å². The largest absolute Gasteiger partial charge is 0.483 e. The van der Waals surface area contributed by atoms with Gasteiger partial charge >= 0.3 is 0 Å². The van der Waals surface area contributed by atoms with Crippen molar-refractivity contribution in [2.24, 2.45) is 5.73 Å². The van der Waals surface area contributed by atoms with E-state index in [1.54, 1.807) is 12.1 Å². The molecule has 1 saturated heterocycles. The van der Waals surface area contributed by atoms with Crippen LogP contribution in [0.25, 0.3) is 6.08 Å². The number of carbonyl (C=O) groups is 3. The summed E-state index contributed by atoms with van der Waals surface area (Å²) in [6, 6.07) is 10.5. The van der Waals surface area contributed by atoms with E-state index in [1.165, 1.54) is 36.4 Å². The molecule has 0 aromatic heterocycles. The lowest BCUT2D eigenvalue weighted by Gasteiger charge is -2.13. The van der Waals surface area contributed by atoms with Crippen molar-refractivity contribution >= 4 is 46.5 Å². The number of nitrogens with two attached hydrogens (primary N) is 1. The Hall–Kier alpha value is -2.84. The van der Waals surface area contributed by atoms with Gasteiger partial charge in [-0.3, -0.25) is 19.3 Å². The summed E-state index contributed by atoms with van der Waals surface area (Å²) in [7, 11) is 0. The van der Waals surface area contributed by atoms with Crippen molar-refractivity contribution in [3.05, 3.63) is 69.3 Å². The monoisotopic (exact) mass is 420 g/mol. The Balaban J connectivity index is 1.86. The van der Waals surface area contributed by atoms with Gasteiger partial charge < -0.3 is 10.5 Å². The lowest BCUT2D eigenvalue weighted by molar-refractivity contribution is -0.123. The predicted molar refractivity (Wildman–Crippen MR) is 104 cm³/mol. The average Bonchev–Trinajstić information content (AvgIpc) is 2.90. The zero-order chi connectivity index (χ0) is 20.3. The highest BCUT2D eigenvalue weighted by Gasteiger charge is 2.35. The van der Waals surface area contributed by atoms with Crippen LogP contribution in [0.1, 0.15) is 11.1 Å². The van der Waals surface area contributed by atoms with Gasteiger partial charge in [0.15, 0.2) is 6.61 Å². The van der Waals surface area contributed by atoms with Crippen LogP contribution in [0.15, 0.2) is 47.4 Å². The molecule has 9 heteroatoms. The van der Waals surface area contributed by atoms with Gasteiger partial charge in [-0.1, -0.05) is 29.8 Å². The lowest BCUT2D eigenvalue weighted by atomic mass is 10.1. The smallest absolute Gasteiger partial charge is 0.293 e. The molecule has 144 valence electrons. The molecule has 0 radical (unpaired) electrons. The number of ether oxygens (including phenoxy) is 1. The number of rotatable bonds is 6. The third kappa shape index (κ3) is 4.52. The molecule has 3 amide bonds. The molecule has 1 fully saturated rings. The van der Waals surface area contributed by atoms with Crippen molar-refractivity contribution in [3.8, 4) is 5.75 Å². The van der Waals surface area contributed by atoms with Crippen LogP contribution in [0.4, 0.5) is 9.18 Å². The molecule has 1 aliphatic rings. The van der Waals surface area contributed by atoms with E-state index in [0.29, 0.717) is 10.6 Å². The van der Waals surface area contributed by atoms with Crippen molar-refractivity contribution in [1.29, 1.82) is 0 Å². The van der Waals surface area contributed by atoms with Gasteiger partial charge in [-0.15, -0.1) is 0 Å². The Morgan fingerprint density at radius 3 is 2.71 bits per heavy atom. The van der Waals surface area contributed by atoms with Crippen LogP contribution in [-0.2, 0) is 16.1 Å². The highest BCUT2D eigenvalue weighted by Crippen LogP contribution is 2.35. The van der Waals surface area contributed by atoms with Gasteiger partial charge in [0.05, 0.1) is 11.4 Å². The summed E-state index contributed by atoms with van der Waals surface area (Å²) < 4.78 is 19.2. The normalized spacial score (nSPS) is 15.4. The summed E-state index contributed by atoms with van der Waals surface area (Å²) in [5.41, 5.74) is 5.73. The molecule has 0 saturated carbocycles. The number of amides is 3. The number of hydrogen-bond donors (Lipinski definition) is 1. The van der Waals surface area contributed by atoms with Crippen molar-refractivity contribution in [3.63, 3.8) is 0 Å². The fourth-order valence-electron chi connectivity index (χ4n) is 2.49. The number of thioether (sulfide) groups is 1. The van der Waals surface area contributed by atoms with Crippen molar-refractivity contribution < 1.29 is 23.5 Å². The predicted octanol–water partition coefficient (Wildman–Crippen LogP) is 3.58. The first-order chi connectivity index (χ1) is 13.3. The van der Waals surface area contributed by atoms with Crippen LogP contribution >= 0.6 is 23.4 Å². The van der Waals surface area contributed by atoms with Crippen LogP contribution in [-0.4, -0.2) is 28.6 Å². The molecule has 3 rings (SSSR count). The van der Waals surface area contributed by atoms with Gasteiger partial charge in [0.1, 0.15) is 11.6 Å². The van der Waals surface area contributed by atoms with Crippen LogP contribution < -0.4 is 10.5 Å². The first-order valence-electron chi connectivity index (χ1n) is 8.04. The molecule has 0 spiro atoms. The van der Waals surface area contributed by atoms with E-state index in [0.717, 1.165) is 16.7 Å². The minimum absolute atomic E-state index is 0.132. The van der Waals surface area contributed by atoms with Gasteiger partial charge in [0.2, 0.25) is 0 Å². The van der Waals surface area contributed by atoms with Crippen molar-refractivity contribution in [1.82, 2.24) is 4.90 Å². The molecule has 6 nitrogen and oxygen atoms in total. The van der Waals surface area contributed by atoms with E-state index in [9.17, 15) is 18.8 Å². The summed E-state index contributed by atoms with van der Waals surface area (Å²) in [5, 5.41) is -0.135. The molecule has 0 aliphatic carbocycles. The third-order valence-corrected chi connectivity index (χ3v) is 4.93. The van der Waals surface area contributed by atoms with Crippen LogP contribution in [0.3, 0.4) is 0 Å². The van der Waals surface area contributed by atoms with Crippen molar-refractivity contribution in [2.45, 2.75) is 6.54 Å². The fourth-order valence-corrected chi connectivity index (χ4v) is 3.50. The van der Waals surface area contributed by atoms with E-state index in [2.05, 4.69) is 0 Å². The van der Waals surface area contributed by atoms with E-state index < -0.39 is 22.9 Å². The van der Waals surface area contributed by atoms with E-state index in [4.69, 9.17) is 22.1 Å². The molecular formula is C19H14ClFN2O4S. The number of benzene rings is 2. The van der Waals surface area contributed by atoms with Gasteiger partial charge in [0.25, 0.3) is 17.1 Å². The number of primary amides is 1. The average molecular weight is 421 g/mol. The Bertz CT molecular complexity index is 996. The number of halogens is 2. The summed E-state index contributed by atoms with van der Waals surface area (Å²) >= 11 is 6.72. The second-order valence-corrected chi connectivity index (χ2v) is 7.23. The Labute approximate surface area is 169 Å². The number of imide groups is 1. The van der Waals surface area contributed by atoms with E-state index in [-0.39, 0.29) is 29.4 Å². The minimum atomic E-state index is -0.661. The topological polar surface area (TPSA) is 89.7 Å². The molecule has 2 N–H and O–H groups in total. The zero-order valence-electron chi connectivity index (χ0n) is 14.4. The molecule has 0 atom stereocenters. The van der Waals surface area contributed by atoms with Gasteiger partial charge in [0, 0.05) is 16.1 Å². The first-order valence-corrected chi connectivity index (χ1v) is 9.24. The van der Waals surface area contributed by atoms with Crippen LogP contribution in [0, 0.1) is 5.82 Å². The Kier molecular flexibility index (Phi) is 6.01. The van der Waals surface area contributed by atoms with Crippen molar-refractivity contribution in [2.75, 3.05) is 6.61 Å². The maximum atomic E-state index is 13.8. The number of hydrogen-bond acceptors (Lipinski definition) is 5. The second-order valence-electron chi connectivity index (χ2n) is 5.80. The highest BCUT2D eigenvalue weighted by molar-refractivity contribution is 8.18. The summed E-state index contributed by atoms with van der Waals surface area (Å²) in [4.78, 5) is 36.9. The zero-order valence-corrected chi connectivity index (χ0v) is 15.9. The molecule has 1 heterocycles. The molecular weight excluding hydrogens is 407 g/mol. The van der Waals surface area contributed by atoms with Gasteiger partial charge in [-0.2, -0.15) is 0 Å². The maximum Gasteiger partial charge on any atom is 0.293 e. The Morgan fingerprint density at radius 1 is 1.25 bits per heavy atom. The second kappa shape index (κ2) is 8.45. The number of nitrogens with zero attached hydrogens (tertiary/aromatic N) is 1. The summed E-state index contributed by atoms with van der Waals surface area (Å²) in [6.45, 7) is -0.521. The van der Waals surface area contributed by atoms with Crippen LogP contribution in [0.2, 0.25) is 5.02 Å². The molecule has 0 unspecified atom stereocenters. The first kappa shape index (κ1) is 19.9. The van der Waals surface area contributed by atoms with Gasteiger partial charge in [-0.25, -0.2) is 4.39 Å². The molecule has 1 aliphatic heterocycles. The minimum Gasteiger partial charge on any atom is -0.483 e. The standard InChI is InChI=1S/C19H14ClFN2O4S/c20-13-5-6-15(27-10-17(22)24)12(7-13)8-16-18(25)23(19(26)28-16)9-11-3-1-2-4-14(11)21/h1-8H,9-10H2,(H2,22,24)/b16-8-. The Morgan fingerprint density at radius 2 is 2.00 bits per heavy atom. The quantitative estimate of drug-likeness (QED) is 0.721. The summed E-state index contributed by atoms with van der Waals surface area (Å²) in [5.74, 6) is -1.43. The third-order valence-electron chi connectivity index (χ3n) is 3.79. The molecule has 2 aromatic rings. The highest BCUT2D eigenvalue weighted by atomic mass is 35.5. The molecule has 28 heavy (non-hydrogen) atoms.